The Balaban J connectivity index is 1.72. The van der Waals surface area contributed by atoms with E-state index in [-0.39, 0.29) is 23.7 Å². The van der Waals surface area contributed by atoms with Crippen LogP contribution in [0.3, 0.4) is 0 Å². The lowest BCUT2D eigenvalue weighted by atomic mass is 9.95. The third-order valence-corrected chi connectivity index (χ3v) is 6.86. The van der Waals surface area contributed by atoms with Gasteiger partial charge in [0, 0.05) is 16.5 Å². The van der Waals surface area contributed by atoms with Gasteiger partial charge in [-0.3, -0.25) is 4.57 Å². The molecule has 0 aliphatic heterocycles. The van der Waals surface area contributed by atoms with Gasteiger partial charge in [0.15, 0.2) is 11.5 Å². The van der Waals surface area contributed by atoms with Gasteiger partial charge in [-0.1, -0.05) is 44.2 Å². The fourth-order valence-electron chi connectivity index (χ4n) is 4.64. The second-order valence-corrected chi connectivity index (χ2v) is 9.72. The van der Waals surface area contributed by atoms with E-state index in [1.165, 1.54) is 12.7 Å². The maximum Gasteiger partial charge on any atom is 0.348 e. The molecule has 2 N–H and O–H groups in total. The number of phenols is 2. The largest absolute Gasteiger partial charge is 0.508 e. The molecule has 0 spiro atoms. The minimum atomic E-state index is -0.365. The van der Waals surface area contributed by atoms with Gasteiger partial charge < -0.3 is 14.9 Å². The predicted octanol–water partition coefficient (Wildman–Crippen LogP) is 5.61. The van der Waals surface area contributed by atoms with Crippen LogP contribution < -0.4 is 10.4 Å². The molecule has 1 fully saturated rings. The van der Waals surface area contributed by atoms with Crippen molar-refractivity contribution < 1.29 is 14.9 Å². The number of hydrogen-bond acceptors (Lipinski definition) is 5. The van der Waals surface area contributed by atoms with Crippen LogP contribution in [0.4, 0.5) is 0 Å². The average Bonchev–Trinajstić information content (AvgIpc) is 3.67. The number of fused-ring (bicyclic) bond motifs is 1. The summed E-state index contributed by atoms with van der Waals surface area (Å²) in [6.07, 6.45) is 3.05. The summed E-state index contributed by atoms with van der Waals surface area (Å²) < 4.78 is 6.87. The summed E-state index contributed by atoms with van der Waals surface area (Å²) in [6, 6.07) is 16.7. The monoisotopic (exact) mass is 470 g/mol. The Bertz CT molecular complexity index is 1450. The first kappa shape index (κ1) is 23.0. The van der Waals surface area contributed by atoms with Crippen molar-refractivity contribution in [1.29, 1.82) is 0 Å². The molecule has 35 heavy (non-hydrogen) atoms. The number of benzene rings is 3. The van der Waals surface area contributed by atoms with Gasteiger partial charge in [-0.05, 0) is 66.5 Å². The van der Waals surface area contributed by atoms with Crippen LogP contribution >= 0.6 is 0 Å². The number of methoxy groups -OCH3 is 1. The van der Waals surface area contributed by atoms with Crippen molar-refractivity contribution in [2.45, 2.75) is 45.6 Å². The van der Waals surface area contributed by atoms with Crippen LogP contribution in [0.15, 0.2) is 59.4 Å². The topological polar surface area (TPSA) is 84.6 Å². The Labute approximate surface area is 204 Å². The SMILES string of the molecule is COc1cc(Cn2c(=O)nc(-c3ccc(C(C)C)cc3)c3c(CC4CC4)c(O)ccc32)ccc1O. The van der Waals surface area contributed by atoms with E-state index in [4.69, 9.17) is 4.74 Å². The van der Waals surface area contributed by atoms with E-state index in [1.54, 1.807) is 34.9 Å². The zero-order chi connectivity index (χ0) is 24.7. The Hall–Kier alpha value is -3.80. The maximum atomic E-state index is 13.4. The summed E-state index contributed by atoms with van der Waals surface area (Å²) in [7, 11) is 1.49. The van der Waals surface area contributed by atoms with E-state index in [0.29, 0.717) is 23.3 Å². The van der Waals surface area contributed by atoms with Crippen LogP contribution in [-0.2, 0) is 13.0 Å². The third kappa shape index (κ3) is 4.48. The number of aromatic hydroxyl groups is 2. The van der Waals surface area contributed by atoms with Crippen LogP contribution in [0.5, 0.6) is 17.2 Å². The van der Waals surface area contributed by atoms with E-state index in [9.17, 15) is 15.0 Å². The minimum Gasteiger partial charge on any atom is -0.508 e. The molecular formula is C29H30N2O4. The normalized spacial score (nSPS) is 13.5. The van der Waals surface area contributed by atoms with E-state index in [0.717, 1.165) is 46.9 Å². The van der Waals surface area contributed by atoms with E-state index in [2.05, 4.69) is 31.0 Å². The highest BCUT2D eigenvalue weighted by Gasteiger charge is 2.26. The first-order valence-electron chi connectivity index (χ1n) is 12.1. The Morgan fingerprint density at radius 1 is 1.03 bits per heavy atom. The first-order chi connectivity index (χ1) is 16.9. The molecule has 0 amide bonds. The highest BCUT2D eigenvalue weighted by Crippen LogP contribution is 2.40. The van der Waals surface area contributed by atoms with Crippen LogP contribution in [0, 0.1) is 5.92 Å². The van der Waals surface area contributed by atoms with Gasteiger partial charge >= 0.3 is 5.69 Å². The van der Waals surface area contributed by atoms with Crippen molar-refractivity contribution in [2.24, 2.45) is 5.92 Å². The van der Waals surface area contributed by atoms with Crippen molar-refractivity contribution in [3.63, 3.8) is 0 Å². The Kier molecular flexibility index (Phi) is 5.97. The maximum absolute atomic E-state index is 13.4. The molecule has 6 nitrogen and oxygen atoms in total. The van der Waals surface area contributed by atoms with Crippen LogP contribution in [0.2, 0.25) is 0 Å². The van der Waals surface area contributed by atoms with Gasteiger partial charge in [-0.15, -0.1) is 0 Å². The van der Waals surface area contributed by atoms with Gasteiger partial charge in [0.25, 0.3) is 0 Å². The predicted molar refractivity (Wildman–Crippen MR) is 137 cm³/mol. The third-order valence-electron chi connectivity index (χ3n) is 6.86. The summed E-state index contributed by atoms with van der Waals surface area (Å²) in [4.78, 5) is 17.9. The molecule has 6 heteroatoms. The molecule has 1 aliphatic carbocycles. The number of nitrogens with zero attached hydrogens (tertiary/aromatic N) is 2. The van der Waals surface area contributed by atoms with Gasteiger partial charge in [0.1, 0.15) is 5.75 Å². The Morgan fingerprint density at radius 3 is 2.40 bits per heavy atom. The lowest BCUT2D eigenvalue weighted by Crippen LogP contribution is -2.25. The molecular weight excluding hydrogens is 440 g/mol. The smallest absolute Gasteiger partial charge is 0.348 e. The molecule has 1 saturated carbocycles. The van der Waals surface area contributed by atoms with E-state index >= 15 is 0 Å². The number of ether oxygens (including phenoxy) is 1. The zero-order valence-electron chi connectivity index (χ0n) is 20.3. The van der Waals surface area contributed by atoms with Gasteiger partial charge in [-0.25, -0.2) is 4.79 Å². The van der Waals surface area contributed by atoms with Crippen molar-refractivity contribution in [2.75, 3.05) is 7.11 Å². The van der Waals surface area contributed by atoms with E-state index < -0.39 is 0 Å². The van der Waals surface area contributed by atoms with Crippen LogP contribution in [-0.4, -0.2) is 26.9 Å². The van der Waals surface area contributed by atoms with Gasteiger partial charge in [0.05, 0.1) is 24.9 Å². The summed E-state index contributed by atoms with van der Waals surface area (Å²) >= 11 is 0. The molecule has 5 rings (SSSR count). The molecule has 1 aromatic heterocycles. The highest BCUT2D eigenvalue weighted by atomic mass is 16.5. The fraction of sp³-hybridized carbons (Fsp3) is 0.310. The standard InChI is InChI=1S/C29H30N2O4/c1-17(2)20-7-9-21(10-8-20)28-27-22(14-18-4-5-18)24(32)13-11-23(27)31(29(34)30-28)16-19-6-12-25(33)26(15-19)35-3/h6-13,15,17-18,32-33H,4-5,14,16H2,1-3H3. The van der Waals surface area contributed by atoms with E-state index in [1.807, 2.05) is 12.1 Å². The first-order valence-corrected chi connectivity index (χ1v) is 12.1. The van der Waals surface area contributed by atoms with Crippen molar-refractivity contribution in [1.82, 2.24) is 9.55 Å². The molecule has 0 bridgehead atoms. The molecule has 0 unspecified atom stereocenters. The molecule has 0 saturated heterocycles. The van der Waals surface area contributed by atoms with Crippen LogP contribution in [0.1, 0.15) is 49.3 Å². The average molecular weight is 471 g/mol. The van der Waals surface area contributed by atoms with Crippen molar-refractivity contribution in [3.8, 4) is 28.5 Å². The molecule has 1 aliphatic rings. The summed E-state index contributed by atoms with van der Waals surface area (Å²) in [6.45, 7) is 4.56. The molecule has 0 atom stereocenters. The second kappa shape index (κ2) is 9.10. The second-order valence-electron chi connectivity index (χ2n) is 9.72. The summed E-state index contributed by atoms with van der Waals surface area (Å²) in [5.74, 6) is 1.58. The minimum absolute atomic E-state index is 0.0448. The van der Waals surface area contributed by atoms with Crippen molar-refractivity contribution in [3.05, 3.63) is 81.8 Å². The van der Waals surface area contributed by atoms with Gasteiger partial charge in [0.2, 0.25) is 0 Å². The zero-order valence-corrected chi connectivity index (χ0v) is 20.3. The number of aromatic nitrogens is 2. The highest BCUT2D eigenvalue weighted by molar-refractivity contribution is 5.96. The molecule has 180 valence electrons. The van der Waals surface area contributed by atoms with Crippen molar-refractivity contribution >= 4 is 10.9 Å². The number of hydrogen-bond donors (Lipinski definition) is 2. The van der Waals surface area contributed by atoms with Gasteiger partial charge in [-0.2, -0.15) is 4.98 Å². The molecule has 3 aromatic carbocycles. The quantitative estimate of drug-likeness (QED) is 0.367. The number of rotatable bonds is 7. The summed E-state index contributed by atoms with van der Waals surface area (Å²) in [5, 5.41) is 21.6. The fourth-order valence-corrected chi connectivity index (χ4v) is 4.64. The Morgan fingerprint density at radius 2 is 1.74 bits per heavy atom. The summed E-state index contributed by atoms with van der Waals surface area (Å²) in [5.41, 5.74) is 4.69. The lowest BCUT2D eigenvalue weighted by molar-refractivity contribution is 0.373. The molecule has 0 radical (unpaired) electrons. The molecule has 4 aromatic rings. The molecule has 1 heterocycles. The number of phenolic OH excluding ortho intramolecular Hbond substituents is 2. The lowest BCUT2D eigenvalue weighted by Gasteiger charge is -2.18. The van der Waals surface area contributed by atoms with Crippen LogP contribution in [0.25, 0.3) is 22.2 Å².